The molecular formula is C25H34N2. The molecule has 1 aromatic heterocycles. The van der Waals surface area contributed by atoms with Crippen LogP contribution in [-0.2, 0) is 12.8 Å². The minimum atomic E-state index is 0.605. The minimum absolute atomic E-state index is 0.605. The van der Waals surface area contributed by atoms with Gasteiger partial charge in [-0.05, 0) is 54.9 Å². The molecule has 0 unspecified atom stereocenters. The Morgan fingerprint density at radius 1 is 0.630 bits per heavy atom. The molecule has 27 heavy (non-hydrogen) atoms. The van der Waals surface area contributed by atoms with Gasteiger partial charge in [0.15, 0.2) is 0 Å². The molecule has 0 spiro atoms. The second-order valence-electron chi connectivity index (χ2n) is 7.34. The molecule has 1 aromatic carbocycles. The van der Waals surface area contributed by atoms with Gasteiger partial charge in [-0.25, -0.2) is 9.97 Å². The van der Waals surface area contributed by atoms with Crippen LogP contribution in [0.4, 0.5) is 0 Å². The van der Waals surface area contributed by atoms with E-state index < -0.39 is 0 Å². The fourth-order valence-corrected chi connectivity index (χ4v) is 3.12. The molecule has 0 atom stereocenters. The highest BCUT2D eigenvalue weighted by Crippen LogP contribution is 2.10. The lowest BCUT2D eigenvalue weighted by atomic mass is 10.1. The molecule has 0 fully saturated rings. The van der Waals surface area contributed by atoms with Gasteiger partial charge >= 0.3 is 0 Å². The van der Waals surface area contributed by atoms with Crippen molar-refractivity contribution < 1.29 is 0 Å². The summed E-state index contributed by atoms with van der Waals surface area (Å²) in [6.45, 7) is 4.49. The normalized spacial score (nSPS) is 10.4. The summed E-state index contributed by atoms with van der Waals surface area (Å²) >= 11 is 0. The highest BCUT2D eigenvalue weighted by molar-refractivity contribution is 5.39. The first-order valence-corrected chi connectivity index (χ1v) is 10.7. The van der Waals surface area contributed by atoms with Crippen molar-refractivity contribution in [2.24, 2.45) is 0 Å². The molecule has 0 amide bonds. The first-order valence-electron chi connectivity index (χ1n) is 10.7. The molecule has 0 N–H and O–H groups in total. The zero-order valence-electron chi connectivity index (χ0n) is 17.1. The zero-order chi connectivity index (χ0) is 19.2. The number of hydrogen-bond donors (Lipinski definition) is 0. The number of hydrogen-bond acceptors (Lipinski definition) is 2. The third-order valence-corrected chi connectivity index (χ3v) is 4.87. The summed E-state index contributed by atoms with van der Waals surface area (Å²) in [7, 11) is 0. The Bertz CT molecular complexity index is 690. The first-order chi connectivity index (χ1) is 13.3. The van der Waals surface area contributed by atoms with Crippen molar-refractivity contribution in [1.82, 2.24) is 9.97 Å². The van der Waals surface area contributed by atoms with Gasteiger partial charge in [0.2, 0.25) is 5.82 Å². The van der Waals surface area contributed by atoms with Crippen LogP contribution in [0.15, 0.2) is 36.7 Å². The van der Waals surface area contributed by atoms with Gasteiger partial charge < -0.3 is 0 Å². The van der Waals surface area contributed by atoms with Gasteiger partial charge in [0.05, 0.1) is 0 Å². The van der Waals surface area contributed by atoms with Crippen molar-refractivity contribution in [3.8, 4) is 11.8 Å². The Morgan fingerprint density at radius 3 is 1.89 bits per heavy atom. The smallest absolute Gasteiger partial charge is 0.205 e. The highest BCUT2D eigenvalue weighted by Gasteiger charge is 1.97. The minimum Gasteiger partial charge on any atom is -0.229 e. The van der Waals surface area contributed by atoms with E-state index in [1.54, 1.807) is 0 Å². The SMILES string of the molecule is CCCCCCCCc1cnc(C#Cc2ccc(CCCCC)cc2)nc1. The van der Waals surface area contributed by atoms with Gasteiger partial charge in [-0.3, -0.25) is 0 Å². The van der Waals surface area contributed by atoms with Crippen LogP contribution >= 0.6 is 0 Å². The van der Waals surface area contributed by atoms with Gasteiger partial charge in [0.1, 0.15) is 0 Å². The maximum atomic E-state index is 4.40. The van der Waals surface area contributed by atoms with E-state index >= 15 is 0 Å². The van der Waals surface area contributed by atoms with Crippen molar-refractivity contribution in [3.63, 3.8) is 0 Å². The monoisotopic (exact) mass is 362 g/mol. The van der Waals surface area contributed by atoms with Crippen molar-refractivity contribution in [3.05, 3.63) is 59.2 Å². The van der Waals surface area contributed by atoms with Crippen LogP contribution in [0.1, 0.15) is 94.1 Å². The zero-order valence-corrected chi connectivity index (χ0v) is 17.1. The molecule has 2 nitrogen and oxygen atoms in total. The lowest BCUT2D eigenvalue weighted by Gasteiger charge is -2.01. The van der Waals surface area contributed by atoms with Crippen LogP contribution in [-0.4, -0.2) is 9.97 Å². The van der Waals surface area contributed by atoms with E-state index in [0.29, 0.717) is 5.82 Å². The molecular weight excluding hydrogens is 328 g/mol. The molecule has 0 radical (unpaired) electrons. The number of nitrogens with zero attached hydrogens (tertiary/aromatic N) is 2. The van der Waals surface area contributed by atoms with Crippen LogP contribution in [0.3, 0.4) is 0 Å². The summed E-state index contributed by atoms with van der Waals surface area (Å²) in [5.74, 6) is 6.86. The fourth-order valence-electron chi connectivity index (χ4n) is 3.12. The lowest BCUT2D eigenvalue weighted by molar-refractivity contribution is 0.606. The van der Waals surface area contributed by atoms with Gasteiger partial charge in [-0.2, -0.15) is 0 Å². The van der Waals surface area contributed by atoms with Crippen molar-refractivity contribution in [2.45, 2.75) is 84.5 Å². The topological polar surface area (TPSA) is 25.8 Å². The first kappa shape index (κ1) is 21.2. The summed E-state index contributed by atoms with van der Waals surface area (Å²) in [6, 6.07) is 8.57. The number of aromatic nitrogens is 2. The van der Waals surface area contributed by atoms with Crippen molar-refractivity contribution >= 4 is 0 Å². The van der Waals surface area contributed by atoms with Crippen LogP contribution < -0.4 is 0 Å². The van der Waals surface area contributed by atoms with Gasteiger partial charge in [-0.1, -0.05) is 76.8 Å². The number of unbranched alkanes of at least 4 members (excludes halogenated alkanes) is 7. The average Bonchev–Trinajstić information content (AvgIpc) is 2.71. The third kappa shape index (κ3) is 8.87. The van der Waals surface area contributed by atoms with Gasteiger partial charge in [0.25, 0.3) is 0 Å². The van der Waals surface area contributed by atoms with Crippen molar-refractivity contribution in [1.29, 1.82) is 0 Å². The quantitative estimate of drug-likeness (QED) is 0.336. The second-order valence-corrected chi connectivity index (χ2v) is 7.34. The van der Waals surface area contributed by atoms with Crippen LogP contribution in [0, 0.1) is 11.8 Å². The third-order valence-electron chi connectivity index (χ3n) is 4.87. The van der Waals surface area contributed by atoms with E-state index in [1.807, 2.05) is 12.4 Å². The standard InChI is InChI=1S/C25H34N2/c1-3-5-7-8-9-11-13-24-20-26-25(27-21-24)19-18-23-16-14-22(15-17-23)12-10-6-4-2/h14-17,20-21H,3-13H2,1-2H3. The van der Waals surface area contributed by atoms with E-state index in [-0.39, 0.29) is 0 Å². The highest BCUT2D eigenvalue weighted by atomic mass is 14.8. The molecule has 2 heteroatoms. The van der Waals surface area contributed by atoms with E-state index in [4.69, 9.17) is 0 Å². The number of aryl methyl sites for hydroxylation is 2. The summed E-state index contributed by atoms with van der Waals surface area (Å²) in [6.07, 6.45) is 17.8. The molecule has 0 bridgehead atoms. The van der Waals surface area contributed by atoms with Crippen molar-refractivity contribution in [2.75, 3.05) is 0 Å². The summed E-state index contributed by atoms with van der Waals surface area (Å²) in [5.41, 5.74) is 3.63. The van der Waals surface area contributed by atoms with E-state index in [2.05, 4.69) is 59.9 Å². The summed E-state index contributed by atoms with van der Waals surface area (Å²) in [5, 5.41) is 0. The Kier molecular flexibility index (Phi) is 10.3. The molecule has 0 saturated heterocycles. The summed E-state index contributed by atoms with van der Waals surface area (Å²) in [4.78, 5) is 8.81. The Hall–Kier alpha value is -2.14. The van der Waals surface area contributed by atoms with Crippen LogP contribution in [0.25, 0.3) is 0 Å². The molecule has 0 aliphatic heterocycles. The second kappa shape index (κ2) is 13.1. The van der Waals surface area contributed by atoms with E-state index in [0.717, 1.165) is 18.4 Å². The molecule has 2 rings (SSSR count). The van der Waals surface area contributed by atoms with E-state index in [9.17, 15) is 0 Å². The van der Waals surface area contributed by atoms with Gasteiger partial charge in [0, 0.05) is 18.0 Å². The predicted molar refractivity (Wildman–Crippen MR) is 115 cm³/mol. The molecule has 1 heterocycles. The number of rotatable bonds is 11. The molecule has 144 valence electrons. The predicted octanol–water partition coefficient (Wildman–Crippen LogP) is 6.51. The Labute approximate surface area is 165 Å². The van der Waals surface area contributed by atoms with Gasteiger partial charge in [-0.15, -0.1) is 0 Å². The maximum absolute atomic E-state index is 4.40. The Morgan fingerprint density at radius 2 is 1.19 bits per heavy atom. The molecule has 2 aromatic rings. The fraction of sp³-hybridized carbons (Fsp3) is 0.520. The van der Waals surface area contributed by atoms with Crippen LogP contribution in [0.5, 0.6) is 0 Å². The largest absolute Gasteiger partial charge is 0.229 e. The maximum Gasteiger partial charge on any atom is 0.205 e. The Balaban J connectivity index is 1.77. The average molecular weight is 363 g/mol. The molecule has 0 aliphatic rings. The number of benzene rings is 1. The van der Waals surface area contributed by atoms with E-state index in [1.165, 1.54) is 68.9 Å². The molecule has 0 saturated carbocycles. The van der Waals surface area contributed by atoms with Crippen LogP contribution in [0.2, 0.25) is 0 Å². The summed E-state index contributed by atoms with van der Waals surface area (Å²) < 4.78 is 0. The lowest BCUT2D eigenvalue weighted by Crippen LogP contribution is -1.93. The molecule has 0 aliphatic carbocycles.